The van der Waals surface area contributed by atoms with Crippen LogP contribution in [0.1, 0.15) is 34.6 Å². The summed E-state index contributed by atoms with van der Waals surface area (Å²) in [6.07, 6.45) is 0. The van der Waals surface area contributed by atoms with Crippen molar-refractivity contribution in [2.24, 2.45) is 0 Å². The van der Waals surface area contributed by atoms with Crippen LogP contribution in [0.5, 0.6) is 0 Å². The number of halogens is 1. The van der Waals surface area contributed by atoms with E-state index in [-0.39, 0.29) is 22.3 Å². The Bertz CT molecular complexity index is 1350. The first kappa shape index (κ1) is 20.6. The molecule has 0 amide bonds. The van der Waals surface area contributed by atoms with Gasteiger partial charge in [0.25, 0.3) is 0 Å². The molecule has 2 aromatic carbocycles. The van der Waals surface area contributed by atoms with Crippen molar-refractivity contribution in [2.45, 2.75) is 19.9 Å². The molecule has 31 heavy (non-hydrogen) atoms. The Kier molecular flexibility index (Phi) is 5.48. The molecule has 4 aromatic rings. The van der Waals surface area contributed by atoms with Crippen LogP contribution < -0.4 is 10.7 Å². The molecule has 6 nitrogen and oxygen atoms in total. The van der Waals surface area contributed by atoms with Crippen molar-refractivity contribution in [2.75, 3.05) is 5.32 Å². The molecule has 2 aromatic heterocycles. The highest BCUT2D eigenvalue weighted by molar-refractivity contribution is 6.29. The predicted octanol–water partition coefficient (Wildman–Crippen LogP) is 5.69. The highest BCUT2D eigenvalue weighted by Crippen LogP contribution is 2.31. The minimum atomic E-state index is -1.19. The molecule has 0 unspecified atom stereocenters. The van der Waals surface area contributed by atoms with Gasteiger partial charge in [-0.2, -0.15) is 0 Å². The Morgan fingerprint density at radius 2 is 1.87 bits per heavy atom. The van der Waals surface area contributed by atoms with Crippen molar-refractivity contribution in [1.29, 1.82) is 0 Å². The van der Waals surface area contributed by atoms with Gasteiger partial charge in [-0.3, -0.25) is 4.79 Å². The number of rotatable bonds is 5. The van der Waals surface area contributed by atoms with Gasteiger partial charge in [0.2, 0.25) is 0 Å². The molecule has 2 N–H and O–H groups in total. The Balaban J connectivity index is 1.84. The number of aromatic carboxylic acids is 1. The van der Waals surface area contributed by atoms with Crippen LogP contribution in [0.15, 0.2) is 69.9 Å². The fourth-order valence-electron chi connectivity index (χ4n) is 3.53. The van der Waals surface area contributed by atoms with Crippen molar-refractivity contribution in [3.63, 3.8) is 0 Å². The van der Waals surface area contributed by atoms with Gasteiger partial charge in [-0.25, -0.2) is 9.78 Å². The molecule has 0 spiro atoms. The van der Waals surface area contributed by atoms with E-state index in [1.165, 1.54) is 12.1 Å². The Labute approximate surface area is 183 Å². The number of benzene rings is 2. The highest BCUT2D eigenvalue weighted by Gasteiger charge is 2.19. The fourth-order valence-corrected chi connectivity index (χ4v) is 3.67. The lowest BCUT2D eigenvalue weighted by atomic mass is 10.0. The maximum atomic E-state index is 12.9. The number of anilines is 1. The Morgan fingerprint density at radius 1 is 1.13 bits per heavy atom. The molecule has 0 aliphatic carbocycles. The van der Waals surface area contributed by atoms with Gasteiger partial charge in [-0.1, -0.05) is 48.0 Å². The molecule has 0 fully saturated rings. The monoisotopic (exact) mass is 434 g/mol. The van der Waals surface area contributed by atoms with Crippen LogP contribution in [-0.4, -0.2) is 16.1 Å². The average molecular weight is 435 g/mol. The summed E-state index contributed by atoms with van der Waals surface area (Å²) in [5, 5.41) is 13.2. The summed E-state index contributed by atoms with van der Waals surface area (Å²) >= 11 is 5.85. The Morgan fingerprint density at radius 3 is 2.58 bits per heavy atom. The van der Waals surface area contributed by atoms with Crippen LogP contribution in [0.3, 0.4) is 0 Å². The second-order valence-corrected chi connectivity index (χ2v) is 7.66. The third-order valence-corrected chi connectivity index (χ3v) is 5.17. The SMILES string of the molecule is Cc1cc([C@@H](C)Nc2ccc(Cl)nc2C(=O)O)c2oc(-c3ccccc3)cc(=O)c2c1. The van der Waals surface area contributed by atoms with E-state index >= 15 is 0 Å². The van der Waals surface area contributed by atoms with Gasteiger partial charge in [0, 0.05) is 17.2 Å². The first-order valence-electron chi connectivity index (χ1n) is 9.63. The second kappa shape index (κ2) is 8.24. The number of carboxylic acids is 1. The zero-order valence-corrected chi connectivity index (χ0v) is 17.6. The van der Waals surface area contributed by atoms with Crippen LogP contribution in [0.2, 0.25) is 5.15 Å². The molecule has 0 aliphatic heterocycles. The van der Waals surface area contributed by atoms with E-state index in [0.717, 1.165) is 16.7 Å². The van der Waals surface area contributed by atoms with Crippen molar-refractivity contribution in [3.05, 3.63) is 92.9 Å². The minimum Gasteiger partial charge on any atom is -0.476 e. The predicted molar refractivity (Wildman–Crippen MR) is 121 cm³/mol. The van der Waals surface area contributed by atoms with Crippen molar-refractivity contribution >= 4 is 34.2 Å². The average Bonchev–Trinajstić information content (AvgIpc) is 2.75. The van der Waals surface area contributed by atoms with E-state index in [4.69, 9.17) is 16.0 Å². The topological polar surface area (TPSA) is 92.4 Å². The lowest BCUT2D eigenvalue weighted by molar-refractivity contribution is 0.0691. The van der Waals surface area contributed by atoms with Crippen molar-refractivity contribution < 1.29 is 14.3 Å². The molecule has 2 heterocycles. The summed E-state index contributed by atoms with van der Waals surface area (Å²) in [6.45, 7) is 3.76. The molecular weight excluding hydrogens is 416 g/mol. The van der Waals surface area contributed by atoms with E-state index < -0.39 is 5.97 Å². The summed E-state index contributed by atoms with van der Waals surface area (Å²) in [5.74, 6) is -0.723. The van der Waals surface area contributed by atoms with Gasteiger partial charge in [-0.05, 0) is 37.6 Å². The molecular formula is C24H19ClN2O4. The number of carboxylic acid groups (broad SMARTS) is 1. The van der Waals surface area contributed by atoms with Gasteiger partial charge >= 0.3 is 5.97 Å². The molecule has 156 valence electrons. The molecule has 0 saturated heterocycles. The van der Waals surface area contributed by atoms with Gasteiger partial charge in [0.15, 0.2) is 11.1 Å². The smallest absolute Gasteiger partial charge is 0.356 e. The van der Waals surface area contributed by atoms with Crippen LogP contribution in [-0.2, 0) is 0 Å². The number of carbonyl (C=O) groups is 1. The number of nitrogens with zero attached hydrogens (tertiary/aromatic N) is 1. The van der Waals surface area contributed by atoms with E-state index in [1.807, 2.05) is 50.2 Å². The molecule has 0 bridgehead atoms. The maximum Gasteiger partial charge on any atom is 0.356 e. The minimum absolute atomic E-state index is 0.0927. The fraction of sp³-hybridized carbons (Fsp3) is 0.125. The van der Waals surface area contributed by atoms with E-state index in [9.17, 15) is 14.7 Å². The molecule has 1 atom stereocenters. The van der Waals surface area contributed by atoms with E-state index in [0.29, 0.717) is 22.4 Å². The quantitative estimate of drug-likeness (QED) is 0.392. The van der Waals surface area contributed by atoms with Gasteiger partial charge in [0.1, 0.15) is 16.5 Å². The summed E-state index contributed by atoms with van der Waals surface area (Å²) in [5.41, 5.74) is 2.87. The number of aryl methyl sites for hydroxylation is 1. The summed E-state index contributed by atoms with van der Waals surface area (Å²) in [4.78, 5) is 28.3. The lowest BCUT2D eigenvalue weighted by Gasteiger charge is -2.19. The van der Waals surface area contributed by atoms with E-state index in [1.54, 1.807) is 12.1 Å². The summed E-state index contributed by atoms with van der Waals surface area (Å²) < 4.78 is 6.18. The summed E-state index contributed by atoms with van der Waals surface area (Å²) in [6, 6.07) is 17.3. The number of hydrogen-bond acceptors (Lipinski definition) is 5. The largest absolute Gasteiger partial charge is 0.476 e. The molecule has 0 saturated carbocycles. The molecule has 0 aliphatic rings. The van der Waals surface area contributed by atoms with Crippen molar-refractivity contribution in [1.82, 2.24) is 4.98 Å². The lowest BCUT2D eigenvalue weighted by Crippen LogP contribution is -2.13. The maximum absolute atomic E-state index is 12.9. The van der Waals surface area contributed by atoms with E-state index in [2.05, 4.69) is 10.3 Å². The third kappa shape index (κ3) is 4.15. The van der Waals surface area contributed by atoms with Crippen LogP contribution >= 0.6 is 11.6 Å². The molecule has 4 rings (SSSR count). The van der Waals surface area contributed by atoms with Crippen LogP contribution in [0, 0.1) is 6.92 Å². The van der Waals surface area contributed by atoms with Gasteiger partial charge < -0.3 is 14.8 Å². The third-order valence-electron chi connectivity index (χ3n) is 4.96. The first-order chi connectivity index (χ1) is 14.8. The number of nitrogens with one attached hydrogen (secondary N) is 1. The highest BCUT2D eigenvalue weighted by atomic mass is 35.5. The zero-order valence-electron chi connectivity index (χ0n) is 16.8. The number of fused-ring (bicyclic) bond motifs is 1. The number of hydrogen-bond donors (Lipinski definition) is 2. The standard InChI is InChI=1S/C24H19ClN2O4/c1-13-10-16(14(2)26-18-8-9-21(25)27-22(18)24(29)30)23-17(11-13)19(28)12-20(31-23)15-6-4-3-5-7-15/h3-12,14,26H,1-2H3,(H,29,30)/t14-/m1/s1. The summed E-state index contributed by atoms with van der Waals surface area (Å²) in [7, 11) is 0. The van der Waals surface area contributed by atoms with Gasteiger partial charge in [0.05, 0.1) is 17.1 Å². The van der Waals surface area contributed by atoms with Crippen molar-refractivity contribution in [3.8, 4) is 11.3 Å². The first-order valence-corrected chi connectivity index (χ1v) is 10.0. The Hall–Kier alpha value is -3.64. The van der Waals surface area contributed by atoms with Crippen LogP contribution in [0.25, 0.3) is 22.3 Å². The number of aromatic nitrogens is 1. The van der Waals surface area contributed by atoms with Gasteiger partial charge in [-0.15, -0.1) is 0 Å². The molecule has 7 heteroatoms. The zero-order chi connectivity index (χ0) is 22.1. The van der Waals surface area contributed by atoms with Crippen LogP contribution in [0.4, 0.5) is 5.69 Å². The normalized spacial score (nSPS) is 12.0. The second-order valence-electron chi connectivity index (χ2n) is 7.27. The molecule has 0 radical (unpaired) electrons. The number of pyridine rings is 1.